The average Bonchev–Trinajstić information content (AvgIpc) is 3.14. The molecule has 0 bridgehead atoms. The Bertz CT molecular complexity index is 1280. The molecule has 2 aromatic carbocycles. The van der Waals surface area contributed by atoms with Crippen molar-refractivity contribution in [3.63, 3.8) is 0 Å². The number of rotatable bonds is 5. The number of carboxylic acids is 1. The fraction of sp³-hybridized carbons (Fsp3) is 0.320. The van der Waals surface area contributed by atoms with Crippen LogP contribution < -0.4 is 15.0 Å². The highest BCUT2D eigenvalue weighted by molar-refractivity contribution is 6.33. The van der Waals surface area contributed by atoms with Crippen molar-refractivity contribution < 1.29 is 14.6 Å². The van der Waals surface area contributed by atoms with E-state index in [9.17, 15) is 9.90 Å². The second-order valence-electron chi connectivity index (χ2n) is 9.04. The van der Waals surface area contributed by atoms with Gasteiger partial charge >= 0.3 is 5.97 Å². The predicted octanol–water partition coefficient (Wildman–Crippen LogP) is 4.36. The number of benzene rings is 2. The van der Waals surface area contributed by atoms with Crippen LogP contribution in [-0.4, -0.2) is 53.2 Å². The molecule has 1 atom stereocenters. The van der Waals surface area contributed by atoms with Gasteiger partial charge in [0.2, 0.25) is 5.95 Å². The molecule has 2 N–H and O–H groups in total. The van der Waals surface area contributed by atoms with E-state index in [0.717, 1.165) is 36.4 Å². The third-order valence-corrected chi connectivity index (χ3v) is 6.95. The molecule has 2 aliphatic rings. The number of ether oxygens (including phenoxy) is 1. The van der Waals surface area contributed by atoms with Gasteiger partial charge in [-0.3, -0.25) is 4.79 Å². The zero-order valence-corrected chi connectivity index (χ0v) is 20.1. The minimum absolute atomic E-state index is 0.215. The lowest BCUT2D eigenvalue weighted by molar-refractivity contribution is -0.142. The molecule has 34 heavy (non-hydrogen) atoms. The molecule has 0 aliphatic carbocycles. The van der Waals surface area contributed by atoms with Gasteiger partial charge in [0.25, 0.3) is 0 Å². The van der Waals surface area contributed by atoms with Gasteiger partial charge in [0.15, 0.2) is 5.82 Å². The molecule has 8 nitrogen and oxygen atoms in total. The van der Waals surface area contributed by atoms with Crippen LogP contribution in [0.5, 0.6) is 5.75 Å². The first kappa shape index (κ1) is 22.4. The van der Waals surface area contributed by atoms with Crippen LogP contribution in [-0.2, 0) is 23.2 Å². The van der Waals surface area contributed by atoms with Gasteiger partial charge < -0.3 is 25.0 Å². The maximum atomic E-state index is 12.1. The van der Waals surface area contributed by atoms with Crippen molar-refractivity contribution in [3.05, 3.63) is 64.3 Å². The van der Waals surface area contributed by atoms with Crippen LogP contribution in [0.4, 0.5) is 23.1 Å². The van der Waals surface area contributed by atoms with Gasteiger partial charge in [-0.05, 0) is 55.3 Å². The highest BCUT2D eigenvalue weighted by Crippen LogP contribution is 2.46. The Morgan fingerprint density at radius 1 is 1.26 bits per heavy atom. The number of anilines is 4. The minimum atomic E-state index is -1.08. The first-order chi connectivity index (χ1) is 16.3. The Balaban J connectivity index is 1.52. The van der Waals surface area contributed by atoms with Gasteiger partial charge in [0.1, 0.15) is 16.2 Å². The van der Waals surface area contributed by atoms with Crippen LogP contribution in [0.3, 0.4) is 0 Å². The molecule has 0 fully saturated rings. The smallest absolute Gasteiger partial charge is 0.315 e. The summed E-state index contributed by atoms with van der Waals surface area (Å²) < 4.78 is 5.63. The predicted molar refractivity (Wildman–Crippen MR) is 132 cm³/mol. The molecule has 3 aromatic rings. The molecule has 3 heterocycles. The summed E-state index contributed by atoms with van der Waals surface area (Å²) in [5.41, 5.74) is 3.70. The average molecular weight is 480 g/mol. The number of aromatic nitrogens is 2. The van der Waals surface area contributed by atoms with Crippen molar-refractivity contribution in [1.29, 1.82) is 0 Å². The summed E-state index contributed by atoms with van der Waals surface area (Å²) in [6.45, 7) is 3.81. The number of fused-ring (bicyclic) bond motifs is 2. The van der Waals surface area contributed by atoms with Crippen molar-refractivity contribution in [2.24, 2.45) is 0 Å². The summed E-state index contributed by atoms with van der Waals surface area (Å²) in [6, 6.07) is 11.6. The molecular formula is C25H26ClN5O3. The summed E-state index contributed by atoms with van der Waals surface area (Å²) in [5, 5.41) is 13.6. The van der Waals surface area contributed by atoms with E-state index in [-0.39, 0.29) is 6.54 Å². The number of carbonyl (C=O) groups is 1. The quantitative estimate of drug-likeness (QED) is 0.557. The molecule has 0 saturated heterocycles. The fourth-order valence-electron chi connectivity index (χ4n) is 4.76. The lowest BCUT2D eigenvalue weighted by Crippen LogP contribution is -2.36. The molecule has 1 aromatic heterocycles. The number of hydrogen-bond donors (Lipinski definition) is 2. The van der Waals surface area contributed by atoms with Gasteiger partial charge in [-0.2, -0.15) is 4.98 Å². The third-order valence-electron chi connectivity index (χ3n) is 6.69. The van der Waals surface area contributed by atoms with Crippen LogP contribution in [0.25, 0.3) is 0 Å². The molecule has 9 heteroatoms. The van der Waals surface area contributed by atoms with E-state index in [0.29, 0.717) is 22.5 Å². The Morgan fingerprint density at radius 2 is 2.06 bits per heavy atom. The molecule has 0 spiro atoms. The van der Waals surface area contributed by atoms with E-state index >= 15 is 0 Å². The number of likely N-dealkylation sites (N-methyl/N-ethyl adjacent to an activating group) is 1. The lowest BCUT2D eigenvalue weighted by Gasteiger charge is -2.26. The normalized spacial score (nSPS) is 19.5. The summed E-state index contributed by atoms with van der Waals surface area (Å²) in [5.74, 6) is 0.625. The molecule has 176 valence electrons. The van der Waals surface area contributed by atoms with Crippen molar-refractivity contribution >= 4 is 40.7 Å². The summed E-state index contributed by atoms with van der Waals surface area (Å²) >= 11 is 6.52. The number of nitrogens with one attached hydrogen (secondary N) is 1. The van der Waals surface area contributed by atoms with E-state index in [1.807, 2.05) is 29.2 Å². The third kappa shape index (κ3) is 3.73. The minimum Gasteiger partial charge on any atom is -0.495 e. The van der Waals surface area contributed by atoms with Gasteiger partial charge in [-0.15, -0.1) is 0 Å². The number of aliphatic carboxylic acids is 1. The zero-order valence-electron chi connectivity index (χ0n) is 19.3. The van der Waals surface area contributed by atoms with E-state index < -0.39 is 11.4 Å². The second kappa shape index (κ2) is 8.45. The van der Waals surface area contributed by atoms with E-state index in [4.69, 9.17) is 16.3 Å². The zero-order chi connectivity index (χ0) is 24.0. The highest BCUT2D eigenvalue weighted by Gasteiger charge is 2.46. The monoisotopic (exact) mass is 479 g/mol. The standard InChI is InChI=1S/C25H26ClN5O3/c1-25(23(32)33)14-31(20-7-5-4-6-17(20)25)22-18(26)12-27-24(29-22)28-19-10-16-13-30(2)9-8-15(16)11-21(19)34-3/h4-7,10-12H,8-9,13-14H2,1-3H3,(H,32,33)(H,27,28,29)/t25-/m0/s1. The van der Waals surface area contributed by atoms with Gasteiger partial charge in [0.05, 0.1) is 19.0 Å². The molecule has 0 amide bonds. The van der Waals surface area contributed by atoms with Gasteiger partial charge in [-0.1, -0.05) is 29.8 Å². The van der Waals surface area contributed by atoms with Crippen LogP contribution in [0, 0.1) is 0 Å². The van der Waals surface area contributed by atoms with Gasteiger partial charge in [-0.25, -0.2) is 4.98 Å². The van der Waals surface area contributed by atoms with Crippen LogP contribution in [0.1, 0.15) is 23.6 Å². The van der Waals surface area contributed by atoms with Gasteiger partial charge in [0, 0.05) is 25.3 Å². The number of halogens is 1. The summed E-state index contributed by atoms with van der Waals surface area (Å²) in [4.78, 5) is 25.3. The second-order valence-corrected chi connectivity index (χ2v) is 9.45. The van der Waals surface area contributed by atoms with Crippen molar-refractivity contribution in [1.82, 2.24) is 14.9 Å². The maximum absolute atomic E-state index is 12.1. The van der Waals surface area contributed by atoms with Crippen molar-refractivity contribution in [2.45, 2.75) is 25.3 Å². The highest BCUT2D eigenvalue weighted by atomic mass is 35.5. The number of carboxylic acid groups (broad SMARTS) is 1. The maximum Gasteiger partial charge on any atom is 0.315 e. The molecule has 0 radical (unpaired) electrons. The van der Waals surface area contributed by atoms with E-state index in [1.165, 1.54) is 17.3 Å². The van der Waals surface area contributed by atoms with Crippen LogP contribution in [0.15, 0.2) is 42.6 Å². The topological polar surface area (TPSA) is 90.8 Å². The largest absolute Gasteiger partial charge is 0.495 e. The molecular weight excluding hydrogens is 454 g/mol. The first-order valence-corrected chi connectivity index (χ1v) is 11.5. The van der Waals surface area contributed by atoms with Crippen LogP contribution in [0.2, 0.25) is 5.02 Å². The molecule has 2 aliphatic heterocycles. The Morgan fingerprint density at radius 3 is 2.82 bits per heavy atom. The number of methoxy groups -OCH3 is 1. The van der Waals surface area contributed by atoms with E-state index in [2.05, 4.69) is 39.4 Å². The first-order valence-electron chi connectivity index (χ1n) is 11.1. The fourth-order valence-corrected chi connectivity index (χ4v) is 4.95. The number of nitrogens with zero attached hydrogens (tertiary/aromatic N) is 4. The Kier molecular flexibility index (Phi) is 5.58. The number of para-hydroxylation sites is 1. The Hall–Kier alpha value is -3.36. The lowest BCUT2D eigenvalue weighted by atomic mass is 9.85. The van der Waals surface area contributed by atoms with E-state index in [1.54, 1.807) is 14.0 Å². The molecule has 5 rings (SSSR count). The summed E-state index contributed by atoms with van der Waals surface area (Å²) in [6.07, 6.45) is 2.50. The van der Waals surface area contributed by atoms with Crippen LogP contribution >= 0.6 is 11.6 Å². The van der Waals surface area contributed by atoms with Crippen molar-refractivity contribution in [2.75, 3.05) is 37.5 Å². The number of hydrogen-bond acceptors (Lipinski definition) is 7. The molecule has 0 unspecified atom stereocenters. The summed E-state index contributed by atoms with van der Waals surface area (Å²) in [7, 11) is 3.75. The Labute approximate surface area is 203 Å². The SMILES string of the molecule is COc1cc2c(cc1Nc1ncc(Cl)c(N3C[C@](C)(C(=O)O)c4ccccc43)n1)CN(C)CC2. The molecule has 0 saturated carbocycles. The van der Waals surface area contributed by atoms with Crippen molar-refractivity contribution in [3.8, 4) is 5.75 Å².